The Morgan fingerprint density at radius 1 is 1.05 bits per heavy atom. The molecule has 12 heteroatoms. The molecule has 1 amide bonds. The molecule has 10 nitrogen and oxygen atoms in total. The lowest BCUT2D eigenvalue weighted by atomic mass is 9.80. The van der Waals surface area contributed by atoms with Crippen molar-refractivity contribution in [3.8, 4) is 0 Å². The normalized spacial score (nSPS) is 25.7. The van der Waals surface area contributed by atoms with Crippen molar-refractivity contribution >= 4 is 28.9 Å². The summed E-state index contributed by atoms with van der Waals surface area (Å²) in [5.41, 5.74) is 6.33. The minimum Gasteiger partial charge on any atom is -0.381 e. The average Bonchev–Trinajstić information content (AvgIpc) is 3.30. The number of pyridine rings is 1. The molecular weight excluding hydrogens is 528 g/mol. The average molecular weight is 572 g/mol. The Kier molecular flexibility index (Phi) is 8.04. The van der Waals surface area contributed by atoms with Crippen molar-refractivity contribution in [1.82, 2.24) is 24.6 Å². The third kappa shape index (κ3) is 5.36. The summed E-state index contributed by atoms with van der Waals surface area (Å²) in [6, 6.07) is 0.281. The van der Waals surface area contributed by atoms with Crippen molar-refractivity contribution in [1.29, 1.82) is 0 Å². The number of anilines is 4. The Morgan fingerprint density at radius 2 is 1.76 bits per heavy atom. The maximum Gasteiger partial charge on any atom is 0.263 e. The van der Waals surface area contributed by atoms with Crippen LogP contribution in [0.4, 0.5) is 31.8 Å². The number of piperazine rings is 2. The van der Waals surface area contributed by atoms with E-state index in [0.717, 1.165) is 64.7 Å². The van der Waals surface area contributed by atoms with Crippen LogP contribution in [0.5, 0.6) is 0 Å². The molecule has 1 saturated carbocycles. The van der Waals surface area contributed by atoms with Crippen LogP contribution in [0.3, 0.4) is 0 Å². The number of hydrogen-bond donors (Lipinski definition) is 3. The molecule has 5 heterocycles. The van der Waals surface area contributed by atoms with Crippen LogP contribution < -0.4 is 21.3 Å². The minimum absolute atomic E-state index is 0.0420. The highest BCUT2D eigenvalue weighted by Gasteiger charge is 2.47. The second kappa shape index (κ2) is 11.7. The van der Waals surface area contributed by atoms with Gasteiger partial charge in [-0.2, -0.15) is 5.10 Å². The van der Waals surface area contributed by atoms with E-state index in [9.17, 15) is 4.79 Å². The molecule has 2 aromatic heterocycles. The maximum absolute atomic E-state index is 15.8. The molecule has 6 rings (SSSR count). The van der Waals surface area contributed by atoms with Crippen molar-refractivity contribution in [2.75, 3.05) is 74.1 Å². The van der Waals surface area contributed by atoms with Gasteiger partial charge in [0.25, 0.3) is 5.91 Å². The minimum atomic E-state index is -1.14. The van der Waals surface area contributed by atoms with E-state index in [0.29, 0.717) is 43.1 Å². The molecule has 4 aliphatic rings. The zero-order chi connectivity index (χ0) is 28.6. The number of nitrogens with zero attached hydrogens (tertiary/aromatic N) is 6. The molecule has 2 saturated heterocycles. The van der Waals surface area contributed by atoms with E-state index in [4.69, 9.17) is 5.73 Å². The molecule has 3 fully saturated rings. The number of rotatable bonds is 3. The van der Waals surface area contributed by atoms with Crippen LogP contribution in [0.1, 0.15) is 68.1 Å². The summed E-state index contributed by atoms with van der Waals surface area (Å²) in [6.07, 6.45) is 10.3. The monoisotopic (exact) mass is 571 g/mol. The summed E-state index contributed by atoms with van der Waals surface area (Å²) in [5.74, 6) is -0.506. The molecule has 2 aromatic rings. The quantitative estimate of drug-likeness (QED) is 0.513. The molecule has 41 heavy (non-hydrogen) atoms. The first-order valence-electron chi connectivity index (χ1n) is 15.3. The largest absolute Gasteiger partial charge is 0.381 e. The smallest absolute Gasteiger partial charge is 0.263 e. The van der Waals surface area contributed by atoms with Gasteiger partial charge in [-0.3, -0.25) is 14.7 Å². The Morgan fingerprint density at radius 3 is 2.51 bits per heavy atom. The Bertz CT molecular complexity index is 1240. The van der Waals surface area contributed by atoms with Gasteiger partial charge >= 0.3 is 0 Å². The number of nitrogen functional groups attached to an aromatic ring is 1. The number of alkyl halides is 1. The lowest BCUT2D eigenvalue weighted by molar-refractivity contribution is 0.0721. The van der Waals surface area contributed by atoms with E-state index in [-0.39, 0.29) is 24.0 Å². The number of hydrogen-bond acceptors (Lipinski definition) is 8. The fraction of sp³-hybridized carbons (Fsp3) is 0.690. The van der Waals surface area contributed by atoms with Gasteiger partial charge in [0.05, 0.1) is 23.6 Å². The number of nitrogens with one attached hydrogen (secondary N) is 2. The SMILES string of the molecule is CN1CCN2CCN(c3c(F)cncc3NC(=O)c3c(N)nn4c3NCC(F)C43CCCCCCCCC3)CC2C1. The highest BCUT2D eigenvalue weighted by molar-refractivity contribution is 6.12. The van der Waals surface area contributed by atoms with Crippen LogP contribution in [0.2, 0.25) is 0 Å². The second-order valence-corrected chi connectivity index (χ2v) is 12.3. The van der Waals surface area contributed by atoms with Gasteiger partial charge in [0.15, 0.2) is 11.6 Å². The third-order valence-corrected chi connectivity index (χ3v) is 9.65. The molecule has 4 N–H and O–H groups in total. The second-order valence-electron chi connectivity index (χ2n) is 12.3. The predicted octanol–water partition coefficient (Wildman–Crippen LogP) is 3.67. The molecule has 3 aliphatic heterocycles. The lowest BCUT2D eigenvalue weighted by Crippen LogP contribution is -2.61. The van der Waals surface area contributed by atoms with Crippen LogP contribution in [-0.2, 0) is 5.54 Å². The molecule has 1 aliphatic carbocycles. The van der Waals surface area contributed by atoms with Crippen LogP contribution in [0, 0.1) is 5.82 Å². The van der Waals surface area contributed by atoms with Crippen LogP contribution in [-0.4, -0.2) is 95.5 Å². The fourth-order valence-electron chi connectivity index (χ4n) is 7.39. The fourth-order valence-corrected chi connectivity index (χ4v) is 7.39. The molecule has 224 valence electrons. The predicted molar refractivity (Wildman–Crippen MR) is 157 cm³/mol. The van der Waals surface area contributed by atoms with Crippen LogP contribution in [0.25, 0.3) is 0 Å². The molecular formula is C29H43F2N9O. The number of likely N-dealkylation sites (N-methyl/N-ethyl adjacent to an activating group) is 1. The lowest BCUT2D eigenvalue weighted by Gasteiger charge is -2.47. The van der Waals surface area contributed by atoms with Gasteiger partial charge in [0.2, 0.25) is 0 Å². The van der Waals surface area contributed by atoms with Crippen LogP contribution >= 0.6 is 0 Å². The zero-order valence-corrected chi connectivity index (χ0v) is 24.0. The number of carbonyl (C=O) groups is 1. The molecule has 2 atom stereocenters. The number of carbonyl (C=O) groups excluding carboxylic acids is 1. The van der Waals surface area contributed by atoms with Crippen molar-refractivity contribution in [2.24, 2.45) is 0 Å². The number of amides is 1. The van der Waals surface area contributed by atoms with Gasteiger partial charge in [-0.15, -0.1) is 0 Å². The number of halogens is 2. The van der Waals surface area contributed by atoms with Crippen molar-refractivity contribution in [3.63, 3.8) is 0 Å². The first-order chi connectivity index (χ1) is 19.9. The third-order valence-electron chi connectivity index (χ3n) is 9.65. The van der Waals surface area contributed by atoms with Gasteiger partial charge in [-0.05, 0) is 19.9 Å². The van der Waals surface area contributed by atoms with Crippen molar-refractivity contribution in [3.05, 3.63) is 23.8 Å². The Balaban J connectivity index is 1.28. The van der Waals surface area contributed by atoms with E-state index in [1.807, 2.05) is 4.90 Å². The molecule has 0 aromatic carbocycles. The standard InChI is InChI=1S/C29H43F2N9O/c1-37-11-12-38-13-14-39(19-20(38)18-37)25-21(30)15-33-16-22(25)35-28(41)24-26(32)36-40-27(24)34-17-23(31)29(40)9-7-5-3-2-4-6-8-10-29/h15-16,20,23,34H,2-14,17-19H2,1H3,(H2,32,36)(H,35,41). The summed E-state index contributed by atoms with van der Waals surface area (Å²) >= 11 is 0. The van der Waals surface area contributed by atoms with Gasteiger partial charge < -0.3 is 26.2 Å². The molecule has 0 bridgehead atoms. The first-order valence-corrected chi connectivity index (χ1v) is 15.3. The first kappa shape index (κ1) is 28.1. The zero-order valence-electron chi connectivity index (χ0n) is 24.0. The summed E-state index contributed by atoms with van der Waals surface area (Å²) < 4.78 is 32.7. The van der Waals surface area contributed by atoms with Crippen molar-refractivity contribution in [2.45, 2.75) is 75.5 Å². The van der Waals surface area contributed by atoms with E-state index in [2.05, 4.69) is 37.6 Å². The summed E-state index contributed by atoms with van der Waals surface area (Å²) in [4.78, 5) is 24.6. The van der Waals surface area contributed by atoms with Gasteiger partial charge in [0, 0.05) is 51.9 Å². The number of aromatic nitrogens is 3. The van der Waals surface area contributed by atoms with Gasteiger partial charge in [0.1, 0.15) is 23.2 Å². The Hall–Kier alpha value is -2.99. The molecule has 0 radical (unpaired) electrons. The molecule has 1 spiro atoms. The van der Waals surface area contributed by atoms with E-state index in [1.165, 1.54) is 18.8 Å². The highest BCUT2D eigenvalue weighted by Crippen LogP contribution is 2.43. The highest BCUT2D eigenvalue weighted by atomic mass is 19.1. The van der Waals surface area contributed by atoms with Gasteiger partial charge in [-0.25, -0.2) is 13.5 Å². The van der Waals surface area contributed by atoms with E-state index < -0.39 is 23.4 Å². The van der Waals surface area contributed by atoms with Crippen LogP contribution in [0.15, 0.2) is 12.4 Å². The summed E-state index contributed by atoms with van der Waals surface area (Å²) in [6.45, 7) is 5.16. The van der Waals surface area contributed by atoms with E-state index >= 15 is 8.78 Å². The number of nitrogens with two attached hydrogens (primary N) is 1. The topological polar surface area (TPSA) is 108 Å². The van der Waals surface area contributed by atoms with Crippen molar-refractivity contribution < 1.29 is 13.6 Å². The Labute approximate surface area is 240 Å². The van der Waals surface area contributed by atoms with Gasteiger partial charge in [-0.1, -0.05) is 44.9 Å². The summed E-state index contributed by atoms with van der Waals surface area (Å²) in [5, 5.41) is 10.6. The maximum atomic E-state index is 15.8. The number of fused-ring (bicyclic) bond motifs is 3. The summed E-state index contributed by atoms with van der Waals surface area (Å²) in [7, 11) is 2.11. The molecule has 2 unspecified atom stereocenters. The van der Waals surface area contributed by atoms with E-state index in [1.54, 1.807) is 4.68 Å².